The third-order valence-corrected chi connectivity index (χ3v) is 3.72. The maximum absolute atomic E-state index is 5.90. The van der Waals surface area contributed by atoms with E-state index in [0.29, 0.717) is 0 Å². The highest BCUT2D eigenvalue weighted by atomic mass is 15.2. The van der Waals surface area contributed by atoms with E-state index in [0.717, 1.165) is 35.5 Å². The van der Waals surface area contributed by atoms with Crippen molar-refractivity contribution in [2.24, 2.45) is 5.73 Å². The Morgan fingerprint density at radius 1 is 1.30 bits per heavy atom. The third kappa shape index (κ3) is 2.13. The van der Waals surface area contributed by atoms with Crippen LogP contribution in [0.15, 0.2) is 43.0 Å². The number of nitrogens with zero attached hydrogens (tertiary/aromatic N) is 3. The largest absolute Gasteiger partial charge is 0.404 e. The molecule has 0 atom stereocenters. The fourth-order valence-corrected chi connectivity index (χ4v) is 2.55. The van der Waals surface area contributed by atoms with Crippen LogP contribution in [0, 0.1) is 6.92 Å². The SMILES string of the molecule is Cc1nccc(N2CCC2)c1/C(=C\N)c1cccnc1. The molecule has 3 rings (SSSR count). The van der Waals surface area contributed by atoms with Gasteiger partial charge in [-0.2, -0.15) is 0 Å². The van der Waals surface area contributed by atoms with Crippen LogP contribution in [0.4, 0.5) is 5.69 Å². The van der Waals surface area contributed by atoms with Crippen LogP contribution in [0.1, 0.15) is 23.2 Å². The molecule has 0 aliphatic carbocycles. The van der Waals surface area contributed by atoms with E-state index in [1.165, 1.54) is 12.1 Å². The van der Waals surface area contributed by atoms with E-state index in [-0.39, 0.29) is 0 Å². The van der Waals surface area contributed by atoms with Gasteiger partial charge in [0.2, 0.25) is 0 Å². The Hall–Kier alpha value is -2.36. The smallest absolute Gasteiger partial charge is 0.0480 e. The summed E-state index contributed by atoms with van der Waals surface area (Å²) < 4.78 is 0. The molecule has 20 heavy (non-hydrogen) atoms. The Kier molecular flexibility index (Phi) is 3.37. The van der Waals surface area contributed by atoms with Crippen molar-refractivity contribution in [1.29, 1.82) is 0 Å². The van der Waals surface area contributed by atoms with Gasteiger partial charge in [-0.15, -0.1) is 0 Å². The summed E-state index contributed by atoms with van der Waals surface area (Å²) in [4.78, 5) is 11.0. The van der Waals surface area contributed by atoms with Crippen molar-refractivity contribution in [3.63, 3.8) is 0 Å². The number of aryl methyl sites for hydroxylation is 1. The van der Waals surface area contributed by atoms with Gasteiger partial charge >= 0.3 is 0 Å². The third-order valence-electron chi connectivity index (χ3n) is 3.72. The summed E-state index contributed by atoms with van der Waals surface area (Å²) in [7, 11) is 0. The van der Waals surface area contributed by atoms with Gasteiger partial charge in [-0.1, -0.05) is 6.07 Å². The summed E-state index contributed by atoms with van der Waals surface area (Å²) in [6.45, 7) is 4.22. The number of pyridine rings is 2. The molecule has 1 fully saturated rings. The van der Waals surface area contributed by atoms with Crippen molar-refractivity contribution in [2.45, 2.75) is 13.3 Å². The molecule has 0 radical (unpaired) electrons. The molecule has 1 saturated heterocycles. The molecule has 2 aromatic heterocycles. The number of nitrogens with two attached hydrogens (primary N) is 1. The van der Waals surface area contributed by atoms with E-state index in [1.807, 2.05) is 31.5 Å². The van der Waals surface area contributed by atoms with Gasteiger partial charge in [0.25, 0.3) is 0 Å². The van der Waals surface area contributed by atoms with E-state index in [2.05, 4.69) is 20.9 Å². The summed E-state index contributed by atoms with van der Waals surface area (Å²) in [6.07, 6.45) is 8.37. The maximum atomic E-state index is 5.90. The van der Waals surface area contributed by atoms with Crippen LogP contribution in [0.3, 0.4) is 0 Å². The van der Waals surface area contributed by atoms with Crippen LogP contribution < -0.4 is 10.6 Å². The molecule has 4 heteroatoms. The lowest BCUT2D eigenvalue weighted by atomic mass is 9.96. The fourth-order valence-electron chi connectivity index (χ4n) is 2.55. The van der Waals surface area contributed by atoms with Gasteiger partial charge in [-0.05, 0) is 25.5 Å². The van der Waals surface area contributed by atoms with Crippen molar-refractivity contribution in [1.82, 2.24) is 9.97 Å². The first-order chi connectivity index (χ1) is 9.81. The predicted octanol–water partition coefficient (Wildman–Crippen LogP) is 2.34. The fraction of sp³-hybridized carbons (Fsp3) is 0.250. The lowest BCUT2D eigenvalue weighted by molar-refractivity contribution is 0.616. The van der Waals surface area contributed by atoms with Gasteiger partial charge in [-0.25, -0.2) is 0 Å². The van der Waals surface area contributed by atoms with Gasteiger partial charge in [-0.3, -0.25) is 9.97 Å². The summed E-state index contributed by atoms with van der Waals surface area (Å²) in [5, 5.41) is 0. The maximum Gasteiger partial charge on any atom is 0.0480 e. The molecule has 0 bridgehead atoms. The summed E-state index contributed by atoms with van der Waals surface area (Å²) in [5.74, 6) is 0. The molecule has 3 heterocycles. The number of aromatic nitrogens is 2. The molecule has 0 saturated carbocycles. The highest BCUT2D eigenvalue weighted by Crippen LogP contribution is 2.34. The molecule has 0 spiro atoms. The molecule has 4 nitrogen and oxygen atoms in total. The van der Waals surface area contributed by atoms with E-state index < -0.39 is 0 Å². The summed E-state index contributed by atoms with van der Waals surface area (Å²) in [5.41, 5.74) is 11.2. The van der Waals surface area contributed by atoms with Crippen molar-refractivity contribution in [3.8, 4) is 0 Å². The molecule has 0 aromatic carbocycles. The van der Waals surface area contributed by atoms with Crippen molar-refractivity contribution in [3.05, 3.63) is 59.8 Å². The first-order valence-electron chi connectivity index (χ1n) is 6.84. The van der Waals surface area contributed by atoms with Gasteiger partial charge in [0.15, 0.2) is 0 Å². The number of rotatable bonds is 3. The normalized spacial score (nSPS) is 15.1. The zero-order valence-electron chi connectivity index (χ0n) is 11.6. The van der Waals surface area contributed by atoms with Gasteiger partial charge in [0.1, 0.15) is 0 Å². The second-order valence-electron chi connectivity index (χ2n) is 4.95. The number of anilines is 1. The van der Waals surface area contributed by atoms with Crippen molar-refractivity contribution < 1.29 is 0 Å². The predicted molar refractivity (Wildman–Crippen MR) is 81.3 cm³/mol. The van der Waals surface area contributed by atoms with Gasteiger partial charge in [0.05, 0.1) is 0 Å². The quantitative estimate of drug-likeness (QED) is 0.926. The van der Waals surface area contributed by atoms with Crippen LogP contribution >= 0.6 is 0 Å². The van der Waals surface area contributed by atoms with Gasteiger partial charge in [0, 0.05) is 66.0 Å². The molecule has 0 amide bonds. The Labute approximate surface area is 119 Å². The second kappa shape index (κ2) is 5.33. The average molecular weight is 266 g/mol. The van der Waals surface area contributed by atoms with Crippen LogP contribution in [-0.2, 0) is 0 Å². The average Bonchev–Trinajstić information content (AvgIpc) is 2.42. The van der Waals surface area contributed by atoms with Crippen molar-refractivity contribution >= 4 is 11.3 Å². The highest BCUT2D eigenvalue weighted by Gasteiger charge is 2.21. The van der Waals surface area contributed by atoms with E-state index in [4.69, 9.17) is 5.73 Å². The van der Waals surface area contributed by atoms with Crippen LogP contribution in [0.25, 0.3) is 5.57 Å². The van der Waals surface area contributed by atoms with Crippen molar-refractivity contribution in [2.75, 3.05) is 18.0 Å². The zero-order valence-corrected chi connectivity index (χ0v) is 11.6. The minimum atomic E-state index is 0.991. The van der Waals surface area contributed by atoms with E-state index >= 15 is 0 Å². The van der Waals surface area contributed by atoms with Crippen LogP contribution in [0.2, 0.25) is 0 Å². The van der Waals surface area contributed by atoms with Crippen LogP contribution in [0.5, 0.6) is 0 Å². The summed E-state index contributed by atoms with van der Waals surface area (Å²) in [6, 6.07) is 6.02. The van der Waals surface area contributed by atoms with Gasteiger partial charge < -0.3 is 10.6 Å². The molecular formula is C16H18N4. The van der Waals surface area contributed by atoms with E-state index in [9.17, 15) is 0 Å². The molecule has 102 valence electrons. The monoisotopic (exact) mass is 266 g/mol. The lowest BCUT2D eigenvalue weighted by Gasteiger charge is -2.35. The Balaban J connectivity index is 2.12. The molecule has 2 aromatic rings. The Morgan fingerprint density at radius 3 is 2.75 bits per heavy atom. The molecule has 0 unspecified atom stereocenters. The summed E-state index contributed by atoms with van der Waals surface area (Å²) >= 11 is 0. The Morgan fingerprint density at radius 2 is 2.15 bits per heavy atom. The highest BCUT2D eigenvalue weighted by molar-refractivity contribution is 5.87. The molecular weight excluding hydrogens is 248 g/mol. The minimum Gasteiger partial charge on any atom is -0.404 e. The standard InChI is InChI=1S/C16H18N4/c1-12-16(14(10-17)13-4-2-6-18-11-13)15(5-7-19-12)20-8-3-9-20/h2,4-7,10-11H,3,8-9,17H2,1H3/b14-10-. The number of hydrogen-bond acceptors (Lipinski definition) is 4. The molecule has 2 N–H and O–H groups in total. The second-order valence-corrected chi connectivity index (χ2v) is 4.95. The van der Waals surface area contributed by atoms with E-state index in [1.54, 1.807) is 12.4 Å². The molecule has 1 aliphatic heterocycles. The first kappa shape index (κ1) is 12.7. The van der Waals surface area contributed by atoms with Crippen LogP contribution in [-0.4, -0.2) is 23.1 Å². The minimum absolute atomic E-state index is 0.991. The first-order valence-corrected chi connectivity index (χ1v) is 6.84. The zero-order chi connectivity index (χ0) is 13.9. The number of hydrogen-bond donors (Lipinski definition) is 1. The Bertz CT molecular complexity index is 630. The molecule has 1 aliphatic rings. The lowest BCUT2D eigenvalue weighted by Crippen LogP contribution is -2.37. The topological polar surface area (TPSA) is 55.0 Å².